The summed E-state index contributed by atoms with van der Waals surface area (Å²) in [5.74, 6) is 0. The number of hydrogen-bond donors (Lipinski definition) is 0. The Balaban J connectivity index is -0.0000000267. The molecule has 0 nitrogen and oxygen atoms in total. The fraction of sp³-hybridized carbons (Fsp3) is 0.600. The average molecular weight is 622 g/mol. The Hall–Kier alpha value is 2.06. The fourth-order valence-electron chi connectivity index (χ4n) is 0.236. The predicted octanol–water partition coefficient (Wildman–Crippen LogP) is 1.82. The van der Waals surface area contributed by atoms with E-state index in [4.69, 9.17) is 0 Å². The minimum Gasteiger partial charge on any atom is -0.360 e. The van der Waals surface area contributed by atoms with Crippen LogP contribution in [-0.2, 0) is 63.2 Å². The van der Waals surface area contributed by atoms with E-state index in [9.17, 15) is 0 Å². The maximum absolute atomic E-state index is 2.12. The van der Waals surface area contributed by atoms with Gasteiger partial charge in [-0.15, -0.1) is 0 Å². The molecule has 3 heteroatoms. The van der Waals surface area contributed by atoms with E-state index in [1.807, 2.05) is 0 Å². The van der Waals surface area contributed by atoms with Gasteiger partial charge in [0.1, 0.15) is 0 Å². The average Bonchev–Trinajstić information content (AvgIpc) is 1.41. The molecule has 0 aromatic heterocycles. The molecule has 0 unspecified atom stereocenters. The molecule has 0 spiro atoms. The van der Waals surface area contributed by atoms with Crippen LogP contribution in [0.25, 0.3) is 0 Å². The summed E-state index contributed by atoms with van der Waals surface area (Å²) in [5.41, 5.74) is 0. The van der Waals surface area contributed by atoms with Gasteiger partial charge in [0, 0.05) is 63.2 Å². The largest absolute Gasteiger partial charge is 0.360 e. The Morgan fingerprint density at radius 3 is 1.12 bits per heavy atom. The van der Waals surface area contributed by atoms with Crippen molar-refractivity contribution < 1.29 is 63.2 Å². The van der Waals surface area contributed by atoms with Crippen LogP contribution in [0.15, 0.2) is 0 Å². The molecule has 0 atom stereocenters. The quantitative estimate of drug-likeness (QED) is 0.413. The second-order valence-electron chi connectivity index (χ2n) is 1.05. The second-order valence-corrected chi connectivity index (χ2v) is 1.05. The molecular weight excluding hydrogens is 612 g/mol. The van der Waals surface area contributed by atoms with E-state index in [1.54, 1.807) is 0 Å². The maximum Gasteiger partial charge on any atom is 0 e. The van der Waals surface area contributed by atoms with E-state index in [0.717, 1.165) is 6.42 Å². The first-order chi connectivity index (χ1) is 2.41. The molecular formula is C5H10W3-2. The van der Waals surface area contributed by atoms with Crippen molar-refractivity contribution in [1.82, 2.24) is 0 Å². The SMILES string of the molecule is C[CH-]C[CH-]C.[W].[W].[W]. The molecule has 0 saturated heterocycles. The molecule has 8 heavy (non-hydrogen) atoms. The van der Waals surface area contributed by atoms with Crippen LogP contribution in [-0.4, -0.2) is 0 Å². The van der Waals surface area contributed by atoms with Crippen LogP contribution in [0.4, 0.5) is 0 Å². The van der Waals surface area contributed by atoms with Crippen LogP contribution in [0.5, 0.6) is 0 Å². The van der Waals surface area contributed by atoms with Crippen molar-refractivity contribution in [2.24, 2.45) is 0 Å². The van der Waals surface area contributed by atoms with Gasteiger partial charge < -0.3 is 19.3 Å². The standard InChI is InChI=1S/C5H10.3W/c1-3-5-4-2;;;/h3-4H,5H2,1-2H3;;;/q-2;;;. The molecule has 0 amide bonds. The molecule has 0 saturated carbocycles. The van der Waals surface area contributed by atoms with Crippen molar-refractivity contribution in [2.75, 3.05) is 0 Å². The van der Waals surface area contributed by atoms with E-state index in [2.05, 4.69) is 26.7 Å². The summed E-state index contributed by atoms with van der Waals surface area (Å²) in [6, 6.07) is 0. The summed E-state index contributed by atoms with van der Waals surface area (Å²) in [6.07, 6.45) is 5.39. The first kappa shape index (κ1) is 22.5. The molecule has 0 N–H and O–H groups in total. The van der Waals surface area contributed by atoms with E-state index >= 15 is 0 Å². The molecule has 0 heterocycles. The summed E-state index contributed by atoms with van der Waals surface area (Å²) < 4.78 is 0. The summed E-state index contributed by atoms with van der Waals surface area (Å²) >= 11 is 0. The van der Waals surface area contributed by atoms with Gasteiger partial charge in [0.2, 0.25) is 0 Å². The first-order valence-corrected chi connectivity index (χ1v) is 1.97. The van der Waals surface area contributed by atoms with Gasteiger partial charge in [-0.1, -0.05) is 0 Å². The van der Waals surface area contributed by atoms with Crippen molar-refractivity contribution in [3.8, 4) is 0 Å². The Kier molecular flexibility index (Phi) is 64.6. The Morgan fingerprint density at radius 2 is 1.12 bits per heavy atom. The summed E-state index contributed by atoms with van der Waals surface area (Å²) in [6.45, 7) is 4.11. The van der Waals surface area contributed by atoms with Crippen LogP contribution >= 0.6 is 0 Å². The first-order valence-electron chi connectivity index (χ1n) is 1.97. The summed E-state index contributed by atoms with van der Waals surface area (Å²) in [4.78, 5) is 0. The maximum atomic E-state index is 2.12. The summed E-state index contributed by atoms with van der Waals surface area (Å²) in [7, 11) is 0. The van der Waals surface area contributed by atoms with Crippen LogP contribution in [0, 0.1) is 12.8 Å². The zero-order valence-electron chi connectivity index (χ0n) is 5.09. The smallest absolute Gasteiger partial charge is 0 e. The number of unbranched alkanes of at least 4 members (excludes halogenated alkanes) is 2. The van der Waals surface area contributed by atoms with Crippen molar-refractivity contribution in [1.29, 1.82) is 0 Å². The van der Waals surface area contributed by atoms with E-state index in [-0.39, 0.29) is 63.2 Å². The molecule has 0 aliphatic rings. The zero-order chi connectivity index (χ0) is 4.12. The van der Waals surface area contributed by atoms with Crippen molar-refractivity contribution in [3.63, 3.8) is 0 Å². The van der Waals surface area contributed by atoms with Crippen molar-refractivity contribution >= 4 is 0 Å². The van der Waals surface area contributed by atoms with Crippen LogP contribution in [0.1, 0.15) is 20.3 Å². The monoisotopic (exact) mass is 622 g/mol. The molecule has 0 rings (SSSR count). The molecule has 0 fully saturated rings. The third-order valence-corrected chi connectivity index (χ3v) is 0.471. The van der Waals surface area contributed by atoms with Gasteiger partial charge in [-0.3, -0.25) is 0 Å². The van der Waals surface area contributed by atoms with Gasteiger partial charge in [0.15, 0.2) is 0 Å². The van der Waals surface area contributed by atoms with Gasteiger partial charge in [0.05, 0.1) is 0 Å². The van der Waals surface area contributed by atoms with Crippen LogP contribution < -0.4 is 0 Å². The number of hydrogen-bond acceptors (Lipinski definition) is 0. The van der Waals surface area contributed by atoms with Crippen molar-refractivity contribution in [2.45, 2.75) is 20.3 Å². The Morgan fingerprint density at radius 1 is 0.875 bits per heavy atom. The summed E-state index contributed by atoms with van der Waals surface area (Å²) in [5, 5.41) is 0. The third kappa shape index (κ3) is 24.4. The molecule has 0 aliphatic heterocycles. The van der Waals surface area contributed by atoms with Crippen LogP contribution in [0.2, 0.25) is 0 Å². The van der Waals surface area contributed by atoms with Gasteiger partial charge in [-0.25, -0.2) is 0 Å². The van der Waals surface area contributed by atoms with Gasteiger partial charge in [-0.2, -0.15) is 13.8 Å². The van der Waals surface area contributed by atoms with E-state index < -0.39 is 0 Å². The van der Waals surface area contributed by atoms with E-state index in [0.29, 0.717) is 0 Å². The normalized spacial score (nSPS) is 5.25. The Labute approximate surface area is 95.4 Å². The molecule has 0 bridgehead atoms. The van der Waals surface area contributed by atoms with Crippen LogP contribution in [0.3, 0.4) is 0 Å². The minimum absolute atomic E-state index is 0. The third-order valence-electron chi connectivity index (χ3n) is 0.471. The zero-order valence-corrected chi connectivity index (χ0v) is 13.9. The van der Waals surface area contributed by atoms with Gasteiger partial charge in [0.25, 0.3) is 0 Å². The predicted molar refractivity (Wildman–Crippen MR) is 24.6 cm³/mol. The minimum atomic E-state index is 0. The number of rotatable bonds is 2. The molecule has 50 valence electrons. The molecule has 0 aliphatic carbocycles. The molecule has 0 aromatic carbocycles. The topological polar surface area (TPSA) is 0 Å². The van der Waals surface area contributed by atoms with Gasteiger partial charge >= 0.3 is 0 Å². The fourth-order valence-corrected chi connectivity index (χ4v) is 0.236. The molecule has 0 radical (unpaired) electrons. The molecule has 0 aromatic rings. The Bertz CT molecular complexity index is 15.1. The van der Waals surface area contributed by atoms with Crippen molar-refractivity contribution in [3.05, 3.63) is 12.8 Å². The second kappa shape index (κ2) is 23.0. The van der Waals surface area contributed by atoms with E-state index in [1.165, 1.54) is 0 Å². The van der Waals surface area contributed by atoms with Gasteiger partial charge in [-0.05, 0) is 0 Å².